The molecule has 2 saturated heterocycles. The second kappa shape index (κ2) is 7.35. The smallest absolute Gasteiger partial charge is 0.151 e. The Hall–Kier alpha value is -1.24. The van der Waals surface area contributed by atoms with Crippen LogP contribution in [0.5, 0.6) is 0 Å². The predicted octanol–water partition coefficient (Wildman–Crippen LogP) is 1.10. The second-order valence-corrected chi connectivity index (χ2v) is 6.10. The van der Waals surface area contributed by atoms with Crippen molar-refractivity contribution in [3.63, 3.8) is 0 Å². The van der Waals surface area contributed by atoms with Gasteiger partial charge in [0.25, 0.3) is 0 Å². The number of aryl methyl sites for hydroxylation is 1. The highest BCUT2D eigenvalue weighted by atomic mass is 16.5. The Bertz CT molecular complexity index is 468. The number of nitrogens with zero attached hydrogens (tertiary/aromatic N) is 4. The molecule has 0 amide bonds. The molecule has 1 aromatic rings. The summed E-state index contributed by atoms with van der Waals surface area (Å²) in [6.07, 6.45) is 2.47. The van der Waals surface area contributed by atoms with Crippen LogP contribution in [-0.4, -0.2) is 73.7 Å². The Labute approximate surface area is 132 Å². The van der Waals surface area contributed by atoms with Crippen LogP contribution in [0.4, 0.5) is 5.82 Å². The van der Waals surface area contributed by atoms with Gasteiger partial charge < -0.3 is 14.4 Å². The van der Waals surface area contributed by atoms with Crippen LogP contribution >= 0.6 is 0 Å². The van der Waals surface area contributed by atoms with E-state index in [0.29, 0.717) is 12.1 Å². The first kappa shape index (κ1) is 15.6. The fourth-order valence-electron chi connectivity index (χ4n) is 3.44. The van der Waals surface area contributed by atoms with Gasteiger partial charge in [0.15, 0.2) is 5.82 Å². The monoisotopic (exact) mass is 306 g/mol. The van der Waals surface area contributed by atoms with Gasteiger partial charge in [0.1, 0.15) is 0 Å². The maximum absolute atomic E-state index is 6.03. The van der Waals surface area contributed by atoms with Crippen molar-refractivity contribution in [1.82, 2.24) is 15.1 Å². The van der Waals surface area contributed by atoms with Crippen molar-refractivity contribution in [3.8, 4) is 0 Å². The number of hydrogen-bond acceptors (Lipinski definition) is 6. The molecule has 0 saturated carbocycles. The van der Waals surface area contributed by atoms with E-state index in [9.17, 15) is 0 Å². The molecule has 3 heterocycles. The maximum Gasteiger partial charge on any atom is 0.151 e. The number of rotatable bonds is 4. The number of anilines is 1. The standard InChI is InChI=1S/C16H26N4O2/c1-13-3-4-16(18-17-13)20-7-5-14-15(6-8-20)22-12-10-19(14)9-11-21-2/h3-4,14-15H,5-12H2,1-2H3/t14-,15+/m1/s1. The highest BCUT2D eigenvalue weighted by molar-refractivity contribution is 5.37. The largest absolute Gasteiger partial charge is 0.383 e. The molecule has 6 nitrogen and oxygen atoms in total. The molecule has 6 heteroatoms. The molecule has 0 aromatic carbocycles. The van der Waals surface area contributed by atoms with Crippen LogP contribution in [0.1, 0.15) is 18.5 Å². The van der Waals surface area contributed by atoms with E-state index < -0.39 is 0 Å². The molecule has 1 aromatic heterocycles. The summed E-state index contributed by atoms with van der Waals surface area (Å²) in [5.74, 6) is 0.979. The molecular weight excluding hydrogens is 280 g/mol. The van der Waals surface area contributed by atoms with Crippen LogP contribution < -0.4 is 4.90 Å². The third-order valence-corrected chi connectivity index (χ3v) is 4.68. The summed E-state index contributed by atoms with van der Waals surface area (Å²) in [5, 5.41) is 8.51. The molecule has 0 spiro atoms. The van der Waals surface area contributed by atoms with Gasteiger partial charge in [0.05, 0.1) is 25.0 Å². The summed E-state index contributed by atoms with van der Waals surface area (Å²) in [5.41, 5.74) is 0.960. The number of morpholine rings is 1. The average molecular weight is 306 g/mol. The Kier molecular flexibility index (Phi) is 5.23. The van der Waals surface area contributed by atoms with Crippen molar-refractivity contribution in [2.45, 2.75) is 31.9 Å². The fraction of sp³-hybridized carbons (Fsp3) is 0.750. The maximum atomic E-state index is 6.03. The van der Waals surface area contributed by atoms with Gasteiger partial charge in [-0.1, -0.05) is 0 Å². The van der Waals surface area contributed by atoms with E-state index in [1.54, 1.807) is 7.11 Å². The minimum Gasteiger partial charge on any atom is -0.383 e. The summed E-state index contributed by atoms with van der Waals surface area (Å²) in [6.45, 7) is 7.57. The first-order valence-corrected chi connectivity index (χ1v) is 8.18. The Morgan fingerprint density at radius 2 is 2.09 bits per heavy atom. The van der Waals surface area contributed by atoms with Gasteiger partial charge in [-0.3, -0.25) is 4.90 Å². The van der Waals surface area contributed by atoms with E-state index in [1.807, 2.05) is 13.0 Å². The number of fused-ring (bicyclic) bond motifs is 1. The number of methoxy groups -OCH3 is 1. The predicted molar refractivity (Wildman–Crippen MR) is 85.2 cm³/mol. The molecule has 0 unspecified atom stereocenters. The van der Waals surface area contributed by atoms with E-state index in [0.717, 1.165) is 63.7 Å². The van der Waals surface area contributed by atoms with Crippen molar-refractivity contribution in [2.24, 2.45) is 0 Å². The van der Waals surface area contributed by atoms with E-state index >= 15 is 0 Å². The highest BCUT2D eigenvalue weighted by Crippen LogP contribution is 2.25. The quantitative estimate of drug-likeness (QED) is 0.830. The van der Waals surface area contributed by atoms with Crippen LogP contribution in [0, 0.1) is 6.92 Å². The van der Waals surface area contributed by atoms with Crippen LogP contribution in [0.25, 0.3) is 0 Å². The molecular formula is C16H26N4O2. The zero-order valence-electron chi connectivity index (χ0n) is 13.6. The van der Waals surface area contributed by atoms with Crippen LogP contribution in [0.15, 0.2) is 12.1 Å². The number of aromatic nitrogens is 2. The minimum atomic E-state index is 0.328. The summed E-state index contributed by atoms with van der Waals surface area (Å²) < 4.78 is 11.3. The lowest BCUT2D eigenvalue weighted by atomic mass is 10.0. The first-order valence-electron chi connectivity index (χ1n) is 8.18. The van der Waals surface area contributed by atoms with Gasteiger partial charge in [0.2, 0.25) is 0 Å². The molecule has 0 N–H and O–H groups in total. The zero-order valence-corrected chi connectivity index (χ0v) is 13.6. The van der Waals surface area contributed by atoms with Crippen LogP contribution in [0.3, 0.4) is 0 Å². The lowest BCUT2D eigenvalue weighted by Gasteiger charge is -2.40. The third-order valence-electron chi connectivity index (χ3n) is 4.68. The molecule has 2 fully saturated rings. The summed E-state index contributed by atoms with van der Waals surface area (Å²) in [6, 6.07) is 4.59. The molecule has 0 aliphatic carbocycles. The molecule has 2 aliphatic rings. The number of ether oxygens (including phenoxy) is 2. The fourth-order valence-corrected chi connectivity index (χ4v) is 3.44. The van der Waals surface area contributed by atoms with Gasteiger partial charge >= 0.3 is 0 Å². The Morgan fingerprint density at radius 3 is 2.86 bits per heavy atom. The van der Waals surface area contributed by atoms with Gasteiger partial charge in [0, 0.05) is 39.3 Å². The van der Waals surface area contributed by atoms with Gasteiger partial charge in [-0.15, -0.1) is 5.10 Å². The van der Waals surface area contributed by atoms with Crippen molar-refractivity contribution in [3.05, 3.63) is 17.8 Å². The molecule has 3 rings (SSSR count). The van der Waals surface area contributed by atoms with Gasteiger partial charge in [-0.2, -0.15) is 5.10 Å². The Morgan fingerprint density at radius 1 is 1.23 bits per heavy atom. The third kappa shape index (κ3) is 3.56. The molecule has 2 aliphatic heterocycles. The van der Waals surface area contributed by atoms with Crippen molar-refractivity contribution in [2.75, 3.05) is 51.4 Å². The second-order valence-electron chi connectivity index (χ2n) is 6.10. The van der Waals surface area contributed by atoms with E-state index in [2.05, 4.69) is 26.1 Å². The van der Waals surface area contributed by atoms with Gasteiger partial charge in [-0.25, -0.2) is 0 Å². The van der Waals surface area contributed by atoms with E-state index in [1.165, 1.54) is 0 Å². The molecule has 22 heavy (non-hydrogen) atoms. The van der Waals surface area contributed by atoms with Crippen molar-refractivity contribution in [1.29, 1.82) is 0 Å². The van der Waals surface area contributed by atoms with E-state index in [4.69, 9.17) is 9.47 Å². The summed E-state index contributed by atoms with van der Waals surface area (Å²) >= 11 is 0. The highest BCUT2D eigenvalue weighted by Gasteiger charge is 2.34. The van der Waals surface area contributed by atoms with E-state index in [-0.39, 0.29) is 0 Å². The lowest BCUT2D eigenvalue weighted by Crippen LogP contribution is -2.52. The normalized spacial score (nSPS) is 26.5. The molecule has 2 atom stereocenters. The molecule has 0 bridgehead atoms. The average Bonchev–Trinajstić information content (AvgIpc) is 2.77. The minimum absolute atomic E-state index is 0.328. The zero-order chi connectivity index (χ0) is 15.4. The van der Waals surface area contributed by atoms with Crippen molar-refractivity contribution >= 4 is 5.82 Å². The summed E-state index contributed by atoms with van der Waals surface area (Å²) in [4.78, 5) is 4.87. The van der Waals surface area contributed by atoms with Crippen LogP contribution in [-0.2, 0) is 9.47 Å². The first-order chi connectivity index (χ1) is 10.8. The number of hydrogen-bond donors (Lipinski definition) is 0. The SMILES string of the molecule is COCCN1CCO[C@H]2CCN(c3ccc(C)nn3)CC[C@H]21. The van der Waals surface area contributed by atoms with Crippen LogP contribution in [0.2, 0.25) is 0 Å². The Balaban J connectivity index is 1.66. The summed E-state index contributed by atoms with van der Waals surface area (Å²) in [7, 11) is 1.77. The lowest BCUT2D eigenvalue weighted by molar-refractivity contribution is -0.0760. The van der Waals surface area contributed by atoms with Crippen molar-refractivity contribution < 1.29 is 9.47 Å². The molecule has 0 radical (unpaired) electrons. The van der Waals surface area contributed by atoms with Gasteiger partial charge in [-0.05, 0) is 31.9 Å². The molecule has 122 valence electrons. The topological polar surface area (TPSA) is 50.7 Å².